The second-order valence-corrected chi connectivity index (χ2v) is 5.84. The summed E-state index contributed by atoms with van der Waals surface area (Å²) in [6.07, 6.45) is 3.90. The third kappa shape index (κ3) is 3.41. The maximum absolute atomic E-state index is 9.26. The van der Waals surface area contributed by atoms with E-state index in [1.54, 1.807) is 0 Å². The Morgan fingerprint density at radius 2 is 1.74 bits per heavy atom. The summed E-state index contributed by atoms with van der Waals surface area (Å²) in [4.78, 5) is 10.5. The number of nitrogen functional groups attached to an aromatic ring is 2. The lowest BCUT2D eigenvalue weighted by Crippen LogP contribution is -2.29. The summed E-state index contributed by atoms with van der Waals surface area (Å²) in [5, 5.41) is 9.26. The molecular weight excluding hydrogens is 288 g/mol. The molecule has 1 aromatic carbocycles. The minimum atomic E-state index is 0.0777. The normalized spacial score (nSPS) is 15.3. The van der Waals surface area contributed by atoms with Gasteiger partial charge in [0.25, 0.3) is 0 Å². The van der Waals surface area contributed by atoms with Gasteiger partial charge in [-0.15, -0.1) is 0 Å². The van der Waals surface area contributed by atoms with E-state index in [0.717, 1.165) is 12.1 Å². The Balaban J connectivity index is 1.84. The molecule has 0 saturated carbocycles. The SMILES string of the molecule is N#Cc1c(N)nc(N)nc1-c1ccc(CN2CCCCC2)cc1. The molecule has 0 bridgehead atoms. The summed E-state index contributed by atoms with van der Waals surface area (Å²) in [7, 11) is 0. The summed E-state index contributed by atoms with van der Waals surface area (Å²) in [6.45, 7) is 3.29. The Kier molecular flexibility index (Phi) is 4.40. The van der Waals surface area contributed by atoms with Crippen molar-refractivity contribution in [2.75, 3.05) is 24.6 Å². The molecule has 2 aromatic rings. The second kappa shape index (κ2) is 6.63. The molecular formula is C17H20N6. The van der Waals surface area contributed by atoms with Gasteiger partial charge in [0, 0.05) is 12.1 Å². The van der Waals surface area contributed by atoms with Crippen LogP contribution in [-0.4, -0.2) is 28.0 Å². The number of nitrogens with zero attached hydrogens (tertiary/aromatic N) is 4. The molecule has 4 N–H and O–H groups in total. The Morgan fingerprint density at radius 1 is 1.04 bits per heavy atom. The van der Waals surface area contributed by atoms with E-state index < -0.39 is 0 Å². The highest BCUT2D eigenvalue weighted by atomic mass is 15.1. The molecule has 3 rings (SSSR count). The van der Waals surface area contributed by atoms with Crippen molar-refractivity contribution in [3.63, 3.8) is 0 Å². The number of anilines is 2. The molecule has 6 nitrogen and oxygen atoms in total. The zero-order chi connectivity index (χ0) is 16.2. The fraction of sp³-hybridized carbons (Fsp3) is 0.353. The number of likely N-dealkylation sites (tertiary alicyclic amines) is 1. The molecule has 1 fully saturated rings. The van der Waals surface area contributed by atoms with E-state index in [9.17, 15) is 5.26 Å². The fourth-order valence-corrected chi connectivity index (χ4v) is 2.96. The van der Waals surface area contributed by atoms with E-state index in [1.165, 1.54) is 37.9 Å². The topological polar surface area (TPSA) is 105 Å². The van der Waals surface area contributed by atoms with E-state index in [1.807, 2.05) is 12.1 Å². The highest BCUT2D eigenvalue weighted by Crippen LogP contribution is 2.26. The highest BCUT2D eigenvalue weighted by molar-refractivity contribution is 5.73. The third-order valence-corrected chi connectivity index (χ3v) is 4.15. The van der Waals surface area contributed by atoms with E-state index in [4.69, 9.17) is 11.5 Å². The Labute approximate surface area is 135 Å². The van der Waals surface area contributed by atoms with E-state index in [0.29, 0.717) is 5.69 Å². The first-order valence-electron chi connectivity index (χ1n) is 7.82. The molecule has 0 unspecified atom stereocenters. The number of aromatic nitrogens is 2. The summed E-state index contributed by atoms with van der Waals surface area (Å²) in [6, 6.07) is 10.1. The van der Waals surface area contributed by atoms with Gasteiger partial charge in [0.15, 0.2) is 0 Å². The highest BCUT2D eigenvalue weighted by Gasteiger charge is 2.14. The maximum atomic E-state index is 9.26. The molecule has 0 atom stereocenters. The van der Waals surface area contributed by atoms with Crippen molar-refractivity contribution in [1.29, 1.82) is 5.26 Å². The van der Waals surface area contributed by atoms with Crippen molar-refractivity contribution in [3.8, 4) is 17.3 Å². The number of nitrogens with two attached hydrogens (primary N) is 2. The van der Waals surface area contributed by atoms with Crippen molar-refractivity contribution in [2.45, 2.75) is 25.8 Å². The van der Waals surface area contributed by atoms with Gasteiger partial charge in [-0.25, -0.2) is 4.98 Å². The van der Waals surface area contributed by atoms with Gasteiger partial charge in [0.1, 0.15) is 17.5 Å². The summed E-state index contributed by atoms with van der Waals surface area (Å²) in [5.74, 6) is 0.196. The van der Waals surface area contributed by atoms with Gasteiger partial charge >= 0.3 is 0 Å². The summed E-state index contributed by atoms with van der Waals surface area (Å²) in [5.41, 5.74) is 14.3. The number of benzene rings is 1. The predicted octanol–water partition coefficient (Wildman–Crippen LogP) is 2.17. The van der Waals surface area contributed by atoms with Crippen LogP contribution in [0.3, 0.4) is 0 Å². The van der Waals surface area contributed by atoms with Gasteiger partial charge in [-0.05, 0) is 31.5 Å². The lowest BCUT2D eigenvalue weighted by molar-refractivity contribution is 0.221. The third-order valence-electron chi connectivity index (χ3n) is 4.15. The van der Waals surface area contributed by atoms with Crippen LogP contribution in [0.4, 0.5) is 11.8 Å². The molecule has 6 heteroatoms. The zero-order valence-corrected chi connectivity index (χ0v) is 13.0. The van der Waals surface area contributed by atoms with Crippen LogP contribution in [-0.2, 0) is 6.54 Å². The lowest BCUT2D eigenvalue weighted by atomic mass is 10.0. The Hall–Kier alpha value is -2.65. The van der Waals surface area contributed by atoms with Gasteiger partial charge in [0.05, 0.1) is 5.69 Å². The summed E-state index contributed by atoms with van der Waals surface area (Å²) < 4.78 is 0. The van der Waals surface area contributed by atoms with Crippen molar-refractivity contribution in [1.82, 2.24) is 14.9 Å². The van der Waals surface area contributed by atoms with E-state index in [-0.39, 0.29) is 17.3 Å². The second-order valence-electron chi connectivity index (χ2n) is 5.84. The largest absolute Gasteiger partial charge is 0.382 e. The number of nitriles is 1. The van der Waals surface area contributed by atoms with Crippen molar-refractivity contribution in [3.05, 3.63) is 35.4 Å². The van der Waals surface area contributed by atoms with Crippen LogP contribution >= 0.6 is 0 Å². The van der Waals surface area contributed by atoms with Gasteiger partial charge in [-0.2, -0.15) is 10.2 Å². The van der Waals surface area contributed by atoms with Gasteiger partial charge in [0.2, 0.25) is 5.95 Å². The van der Waals surface area contributed by atoms with Gasteiger partial charge < -0.3 is 11.5 Å². The average molecular weight is 308 g/mol. The molecule has 2 heterocycles. The molecule has 0 spiro atoms. The number of rotatable bonds is 3. The molecule has 0 radical (unpaired) electrons. The number of hydrogen-bond acceptors (Lipinski definition) is 6. The van der Waals surface area contributed by atoms with E-state index >= 15 is 0 Å². The average Bonchev–Trinajstić information content (AvgIpc) is 2.56. The monoisotopic (exact) mass is 308 g/mol. The molecule has 118 valence electrons. The maximum Gasteiger partial charge on any atom is 0.222 e. The molecule has 1 aliphatic heterocycles. The van der Waals surface area contributed by atoms with Crippen LogP contribution < -0.4 is 11.5 Å². The number of hydrogen-bond donors (Lipinski definition) is 2. The van der Waals surface area contributed by atoms with Crippen LogP contribution in [0.1, 0.15) is 30.4 Å². The van der Waals surface area contributed by atoms with Crippen LogP contribution in [0, 0.1) is 11.3 Å². The minimum Gasteiger partial charge on any atom is -0.382 e. The first-order chi connectivity index (χ1) is 11.2. The van der Waals surface area contributed by atoms with Crippen molar-refractivity contribution in [2.24, 2.45) is 0 Å². The quantitative estimate of drug-likeness (QED) is 0.900. The molecule has 0 aliphatic carbocycles. The fourth-order valence-electron chi connectivity index (χ4n) is 2.96. The lowest BCUT2D eigenvalue weighted by Gasteiger charge is -2.26. The zero-order valence-electron chi connectivity index (χ0n) is 13.0. The predicted molar refractivity (Wildman–Crippen MR) is 90.1 cm³/mol. The van der Waals surface area contributed by atoms with Crippen molar-refractivity contribution < 1.29 is 0 Å². The van der Waals surface area contributed by atoms with Crippen LogP contribution in [0.5, 0.6) is 0 Å². The summed E-state index contributed by atoms with van der Waals surface area (Å²) >= 11 is 0. The van der Waals surface area contributed by atoms with Crippen LogP contribution in [0.25, 0.3) is 11.3 Å². The first kappa shape index (κ1) is 15.3. The minimum absolute atomic E-state index is 0.0777. The Bertz CT molecular complexity index is 726. The molecule has 0 amide bonds. The van der Waals surface area contributed by atoms with Gasteiger partial charge in [-0.1, -0.05) is 30.7 Å². The smallest absolute Gasteiger partial charge is 0.222 e. The van der Waals surface area contributed by atoms with Crippen LogP contribution in [0.15, 0.2) is 24.3 Å². The Morgan fingerprint density at radius 3 is 2.39 bits per heavy atom. The molecule has 1 aliphatic rings. The number of piperidine rings is 1. The molecule has 1 aromatic heterocycles. The first-order valence-corrected chi connectivity index (χ1v) is 7.82. The van der Waals surface area contributed by atoms with Gasteiger partial charge in [-0.3, -0.25) is 4.90 Å². The standard InChI is InChI=1S/C17H20N6/c18-10-14-15(21-17(20)22-16(14)19)13-6-4-12(5-7-13)11-23-8-2-1-3-9-23/h4-7H,1-3,8-9,11H2,(H4,19,20,21,22). The van der Waals surface area contributed by atoms with Crippen molar-refractivity contribution >= 4 is 11.8 Å². The van der Waals surface area contributed by atoms with Crippen LogP contribution in [0.2, 0.25) is 0 Å². The van der Waals surface area contributed by atoms with E-state index in [2.05, 4.69) is 33.1 Å². The molecule has 1 saturated heterocycles. The molecule has 23 heavy (non-hydrogen) atoms.